The van der Waals surface area contributed by atoms with E-state index in [1.165, 1.54) is 6.92 Å². The summed E-state index contributed by atoms with van der Waals surface area (Å²) < 4.78 is 18.3. The second-order valence-electron chi connectivity index (χ2n) is 12.6. The van der Waals surface area contributed by atoms with Crippen LogP contribution in [-0.2, 0) is 43.2 Å². The molecule has 3 N–H and O–H groups in total. The van der Waals surface area contributed by atoms with Gasteiger partial charge in [0.1, 0.15) is 12.1 Å². The van der Waals surface area contributed by atoms with Crippen molar-refractivity contribution in [1.29, 1.82) is 0 Å². The maximum atomic E-state index is 12.8. The Kier molecular flexibility index (Phi) is 9.13. The van der Waals surface area contributed by atoms with Crippen LogP contribution in [0.4, 0.5) is 0 Å². The van der Waals surface area contributed by atoms with E-state index in [0.29, 0.717) is 18.8 Å². The summed E-state index contributed by atoms with van der Waals surface area (Å²) in [5.74, 6) is -3.33. The Bertz CT molecular complexity index is 990. The zero-order valence-electron chi connectivity index (χ0n) is 24.3. The van der Waals surface area contributed by atoms with Gasteiger partial charge in [0, 0.05) is 24.7 Å². The van der Waals surface area contributed by atoms with Crippen molar-refractivity contribution in [2.45, 2.75) is 123 Å². The van der Waals surface area contributed by atoms with Gasteiger partial charge in [0.25, 0.3) is 0 Å². The third kappa shape index (κ3) is 6.14. The fourth-order valence-electron chi connectivity index (χ4n) is 6.76. The van der Waals surface area contributed by atoms with Crippen LogP contribution in [0.2, 0.25) is 0 Å². The molecule has 1 aliphatic carbocycles. The molecule has 0 radical (unpaired) electrons. The van der Waals surface area contributed by atoms with Gasteiger partial charge in [-0.25, -0.2) is 9.78 Å². The van der Waals surface area contributed by atoms with Crippen LogP contribution in [0.3, 0.4) is 0 Å². The lowest BCUT2D eigenvalue weighted by atomic mass is 9.58. The van der Waals surface area contributed by atoms with E-state index in [-0.39, 0.29) is 36.5 Å². The molecule has 5 rings (SSSR count). The van der Waals surface area contributed by atoms with Crippen LogP contribution in [0, 0.1) is 29.6 Å². The molecule has 2 bridgehead atoms. The van der Waals surface area contributed by atoms with E-state index < -0.39 is 59.8 Å². The molecule has 1 spiro atoms. The minimum absolute atomic E-state index is 0.000281. The van der Waals surface area contributed by atoms with Crippen molar-refractivity contribution < 1.29 is 48.3 Å². The number of carboxylic acid groups (broad SMARTS) is 1. The zero-order valence-corrected chi connectivity index (χ0v) is 24.3. The van der Waals surface area contributed by atoms with E-state index in [9.17, 15) is 19.2 Å². The lowest BCUT2D eigenvalue weighted by Gasteiger charge is -2.59. The molecule has 4 saturated heterocycles. The lowest BCUT2D eigenvalue weighted by molar-refractivity contribution is -0.576. The van der Waals surface area contributed by atoms with Crippen molar-refractivity contribution in [3.8, 4) is 0 Å². The number of amides is 2. The van der Waals surface area contributed by atoms with E-state index in [0.717, 1.165) is 19.3 Å². The predicted octanol–water partition coefficient (Wildman–Crippen LogP) is 2.64. The molecule has 4 heterocycles. The number of ether oxygens (including phenoxy) is 3. The molecule has 226 valence electrons. The molecule has 5 aliphatic rings. The van der Waals surface area contributed by atoms with E-state index in [4.69, 9.17) is 29.1 Å². The first-order valence-corrected chi connectivity index (χ1v) is 14.5. The number of fused-ring (bicyclic) bond motifs is 2. The normalized spacial score (nSPS) is 38.0. The van der Waals surface area contributed by atoms with E-state index in [1.807, 2.05) is 27.7 Å². The van der Waals surface area contributed by atoms with Gasteiger partial charge in [-0.3, -0.25) is 19.2 Å². The summed E-state index contributed by atoms with van der Waals surface area (Å²) in [4.78, 5) is 61.0. The second-order valence-corrected chi connectivity index (χ2v) is 12.6. The molecular weight excluding hydrogens is 524 g/mol. The lowest BCUT2D eigenvalue weighted by Crippen LogP contribution is -2.70. The quantitative estimate of drug-likeness (QED) is 0.264. The van der Waals surface area contributed by atoms with Crippen molar-refractivity contribution >= 4 is 23.8 Å². The fraction of sp³-hybridized carbons (Fsp3) is 0.857. The number of hydrogen-bond acceptors (Lipinski definition) is 9. The number of carbonyl (C=O) groups is 4. The van der Waals surface area contributed by atoms with Gasteiger partial charge in [-0.2, -0.15) is 0 Å². The zero-order chi connectivity index (χ0) is 29.4. The van der Waals surface area contributed by atoms with Gasteiger partial charge in [-0.1, -0.05) is 27.7 Å². The van der Waals surface area contributed by atoms with E-state index in [2.05, 4.69) is 17.6 Å². The monoisotopic (exact) mass is 568 g/mol. The predicted molar refractivity (Wildman–Crippen MR) is 139 cm³/mol. The molecule has 0 aromatic carbocycles. The summed E-state index contributed by atoms with van der Waals surface area (Å²) in [5, 5.41) is 14.1. The highest BCUT2D eigenvalue weighted by atomic mass is 17.3. The van der Waals surface area contributed by atoms with Gasteiger partial charge in [-0.15, -0.1) is 0 Å². The maximum Gasteiger partial charge on any atom is 0.325 e. The van der Waals surface area contributed by atoms with Crippen LogP contribution >= 0.6 is 0 Å². The SMILES string of the molecule is CC(C)CC(NC(=O)CCC(=O)OC1OC2OC3(C)CCC4C(C)CCC(C1C)C24OO3)C(=O)NC(C)C(=O)O. The summed E-state index contributed by atoms with van der Waals surface area (Å²) >= 11 is 0. The molecule has 0 aromatic rings. The summed E-state index contributed by atoms with van der Waals surface area (Å²) in [5.41, 5.74) is -0.764. The summed E-state index contributed by atoms with van der Waals surface area (Å²) in [6, 6.07) is -2.02. The van der Waals surface area contributed by atoms with Crippen LogP contribution in [0.15, 0.2) is 0 Å². The Morgan fingerprint density at radius 1 is 1.00 bits per heavy atom. The molecule has 2 amide bonds. The Morgan fingerprint density at radius 3 is 2.40 bits per heavy atom. The Morgan fingerprint density at radius 2 is 1.73 bits per heavy atom. The van der Waals surface area contributed by atoms with Crippen molar-refractivity contribution in [2.24, 2.45) is 29.6 Å². The molecule has 10 atom stereocenters. The molecule has 40 heavy (non-hydrogen) atoms. The van der Waals surface area contributed by atoms with Gasteiger partial charge in [-0.05, 0) is 57.3 Å². The van der Waals surface area contributed by atoms with Crippen molar-refractivity contribution in [2.75, 3.05) is 0 Å². The molecule has 12 heteroatoms. The van der Waals surface area contributed by atoms with E-state index >= 15 is 0 Å². The molecule has 10 unspecified atom stereocenters. The number of carbonyl (C=O) groups excluding carboxylic acids is 3. The maximum absolute atomic E-state index is 12.8. The average molecular weight is 569 g/mol. The van der Waals surface area contributed by atoms with Gasteiger partial charge in [0.2, 0.25) is 23.9 Å². The van der Waals surface area contributed by atoms with Gasteiger partial charge in [0.05, 0.1) is 6.42 Å². The molecule has 4 aliphatic heterocycles. The number of hydrogen-bond donors (Lipinski definition) is 3. The smallest absolute Gasteiger partial charge is 0.325 e. The molecular formula is C28H44N2O10. The van der Waals surface area contributed by atoms with Gasteiger partial charge >= 0.3 is 11.9 Å². The fourth-order valence-corrected chi connectivity index (χ4v) is 6.76. The minimum atomic E-state index is -1.18. The first kappa shape index (κ1) is 30.7. The topological polar surface area (TPSA) is 159 Å². The van der Waals surface area contributed by atoms with Crippen molar-refractivity contribution in [3.63, 3.8) is 0 Å². The summed E-state index contributed by atoms with van der Waals surface area (Å²) in [6.45, 7) is 11.1. The Labute approximate surface area is 235 Å². The van der Waals surface area contributed by atoms with Crippen molar-refractivity contribution in [3.05, 3.63) is 0 Å². The Hall–Kier alpha value is -2.28. The van der Waals surface area contributed by atoms with Gasteiger partial charge < -0.3 is 30.0 Å². The highest BCUT2D eigenvalue weighted by molar-refractivity contribution is 5.91. The number of aliphatic carboxylic acids is 1. The number of nitrogens with one attached hydrogen (secondary N) is 2. The molecule has 0 aromatic heterocycles. The summed E-state index contributed by atoms with van der Waals surface area (Å²) in [7, 11) is 0. The third-order valence-corrected chi connectivity index (χ3v) is 8.99. The van der Waals surface area contributed by atoms with E-state index in [1.54, 1.807) is 0 Å². The molecule has 12 nitrogen and oxygen atoms in total. The van der Waals surface area contributed by atoms with Crippen LogP contribution < -0.4 is 10.6 Å². The van der Waals surface area contributed by atoms with Crippen LogP contribution in [-0.4, -0.2) is 64.9 Å². The number of esters is 1. The number of carboxylic acids is 1. The van der Waals surface area contributed by atoms with Crippen LogP contribution in [0.1, 0.15) is 86.5 Å². The highest BCUT2D eigenvalue weighted by Gasteiger charge is 2.69. The first-order valence-electron chi connectivity index (χ1n) is 14.5. The van der Waals surface area contributed by atoms with Gasteiger partial charge in [0.15, 0.2) is 11.9 Å². The summed E-state index contributed by atoms with van der Waals surface area (Å²) in [6.07, 6.45) is 1.75. The number of rotatable bonds is 10. The van der Waals surface area contributed by atoms with Crippen molar-refractivity contribution in [1.82, 2.24) is 10.6 Å². The largest absolute Gasteiger partial charge is 0.480 e. The standard InChI is InChI=1S/C28H44N2O10/c1-14(2)13-20(23(33)29-17(5)24(34)35)30-21(31)9-10-22(32)36-25-16(4)19-8-7-15(3)18-11-12-27(6)38-26(37-25)28(18,19)40-39-27/h14-20,25-26H,7-13H2,1-6H3,(H,29,33)(H,30,31)(H,34,35). The van der Waals surface area contributed by atoms with Crippen LogP contribution in [0.25, 0.3) is 0 Å². The molecule has 5 fully saturated rings. The minimum Gasteiger partial charge on any atom is -0.480 e. The second kappa shape index (κ2) is 11.9. The van der Waals surface area contributed by atoms with Crippen LogP contribution in [0.5, 0.6) is 0 Å². The third-order valence-electron chi connectivity index (χ3n) is 8.99. The highest BCUT2D eigenvalue weighted by Crippen LogP contribution is 2.60. The molecule has 1 saturated carbocycles. The average Bonchev–Trinajstić information content (AvgIpc) is 3.10. The Balaban J connectivity index is 1.35. The first-order chi connectivity index (χ1) is 18.8.